The second-order valence-electron chi connectivity index (χ2n) is 6.70. The molecule has 0 saturated carbocycles. The maximum Gasteiger partial charge on any atom is 0.344 e. The quantitative estimate of drug-likeness (QED) is 0.383. The van der Waals surface area contributed by atoms with Gasteiger partial charge in [-0.15, -0.1) is 0 Å². The number of hydrogen-bond donors (Lipinski definition) is 1. The van der Waals surface area contributed by atoms with Crippen molar-refractivity contribution in [1.82, 2.24) is 14.5 Å². The highest BCUT2D eigenvalue weighted by Gasteiger charge is 2.25. The molecule has 2 aromatic carbocycles. The molecule has 4 rings (SSSR count). The van der Waals surface area contributed by atoms with Gasteiger partial charge in [0.05, 0.1) is 11.0 Å². The highest BCUT2D eigenvalue weighted by molar-refractivity contribution is 6.08. The van der Waals surface area contributed by atoms with Crippen LogP contribution in [0.4, 0.5) is 5.82 Å². The summed E-state index contributed by atoms with van der Waals surface area (Å²) >= 11 is 0. The summed E-state index contributed by atoms with van der Waals surface area (Å²) in [7, 11) is 1.65. The molecule has 0 fully saturated rings. The molecule has 7 nitrogen and oxygen atoms in total. The van der Waals surface area contributed by atoms with Crippen LogP contribution in [0.5, 0.6) is 0 Å². The number of hydrogen-bond acceptors (Lipinski definition) is 6. The summed E-state index contributed by atoms with van der Waals surface area (Å²) in [5.74, 6) is -0.198. The van der Waals surface area contributed by atoms with Crippen LogP contribution in [0.1, 0.15) is 22.3 Å². The molecule has 0 saturated heterocycles. The Morgan fingerprint density at radius 3 is 2.45 bits per heavy atom. The van der Waals surface area contributed by atoms with Gasteiger partial charge in [0.2, 0.25) is 0 Å². The first kappa shape index (κ1) is 18.9. The third kappa shape index (κ3) is 3.77. The van der Waals surface area contributed by atoms with Gasteiger partial charge in [0.25, 0.3) is 0 Å². The van der Waals surface area contributed by atoms with E-state index in [4.69, 9.17) is 20.2 Å². The number of ether oxygens (including phenoxy) is 2. The van der Waals surface area contributed by atoms with Crippen LogP contribution in [0, 0.1) is 0 Å². The molecule has 4 aromatic rings. The molecule has 7 heteroatoms. The van der Waals surface area contributed by atoms with E-state index >= 15 is 0 Å². The topological polar surface area (TPSA) is 92.3 Å². The smallest absolute Gasteiger partial charge is 0.344 e. The zero-order valence-electron chi connectivity index (χ0n) is 16.2. The number of nitrogens with two attached hydrogens (primary N) is 1. The lowest BCUT2D eigenvalue weighted by atomic mass is 10.2. The van der Waals surface area contributed by atoms with E-state index in [1.54, 1.807) is 7.11 Å². The minimum absolute atomic E-state index is 0.163. The predicted molar refractivity (Wildman–Crippen MR) is 112 cm³/mol. The molecule has 0 radical (unpaired) electrons. The van der Waals surface area contributed by atoms with Crippen LogP contribution in [0.25, 0.3) is 22.2 Å². The number of methoxy groups -OCH3 is 1. The van der Waals surface area contributed by atoms with E-state index in [2.05, 4.69) is 4.98 Å². The molecule has 2 aromatic heterocycles. The van der Waals surface area contributed by atoms with Gasteiger partial charge in [0.15, 0.2) is 5.65 Å². The van der Waals surface area contributed by atoms with Gasteiger partial charge in [0, 0.05) is 20.3 Å². The normalized spacial score (nSPS) is 11.2. The lowest BCUT2D eigenvalue weighted by Crippen LogP contribution is -2.10. The summed E-state index contributed by atoms with van der Waals surface area (Å²) in [5.41, 5.74) is 10.0. The molecule has 0 unspecified atom stereocenters. The Balaban J connectivity index is 1.75. The van der Waals surface area contributed by atoms with E-state index in [1.807, 2.05) is 59.2 Å². The Labute approximate surface area is 168 Å². The molecule has 0 aliphatic rings. The molecule has 2 N–H and O–H groups in total. The highest BCUT2D eigenvalue weighted by atomic mass is 16.5. The van der Waals surface area contributed by atoms with Crippen molar-refractivity contribution in [2.75, 3.05) is 19.5 Å². The maximum absolute atomic E-state index is 12.9. The Morgan fingerprint density at radius 2 is 1.72 bits per heavy atom. The van der Waals surface area contributed by atoms with Crippen LogP contribution in [0.2, 0.25) is 0 Å². The first-order valence-corrected chi connectivity index (χ1v) is 9.43. The fraction of sp³-hybridized carbons (Fsp3) is 0.227. The number of rotatable bonds is 7. The van der Waals surface area contributed by atoms with Gasteiger partial charge in [-0.2, -0.15) is 0 Å². The maximum atomic E-state index is 12.9. The van der Waals surface area contributed by atoms with Crippen molar-refractivity contribution in [3.63, 3.8) is 0 Å². The van der Waals surface area contributed by atoms with Crippen LogP contribution >= 0.6 is 0 Å². The Kier molecular flexibility index (Phi) is 5.39. The minimum atomic E-state index is -0.508. The molecule has 0 amide bonds. The molecule has 0 atom stereocenters. The number of anilines is 1. The highest BCUT2D eigenvalue weighted by Crippen LogP contribution is 2.29. The van der Waals surface area contributed by atoms with E-state index < -0.39 is 5.97 Å². The monoisotopic (exact) mass is 390 g/mol. The molecular formula is C22H22N4O3. The van der Waals surface area contributed by atoms with E-state index in [9.17, 15) is 4.79 Å². The summed E-state index contributed by atoms with van der Waals surface area (Å²) < 4.78 is 12.5. The summed E-state index contributed by atoms with van der Waals surface area (Å²) in [6.45, 7) is 1.31. The number of carbonyl (C=O) groups excluding carboxylic acids is 1. The number of carbonyl (C=O) groups is 1. The predicted octanol–water partition coefficient (Wildman–Crippen LogP) is 3.56. The van der Waals surface area contributed by atoms with Crippen molar-refractivity contribution in [2.24, 2.45) is 0 Å². The van der Waals surface area contributed by atoms with Crippen molar-refractivity contribution in [2.45, 2.75) is 19.6 Å². The first-order valence-electron chi connectivity index (χ1n) is 9.43. The second-order valence-corrected chi connectivity index (χ2v) is 6.70. The van der Waals surface area contributed by atoms with Gasteiger partial charge in [-0.05, 0) is 24.1 Å². The second kappa shape index (κ2) is 8.28. The zero-order chi connectivity index (χ0) is 20.2. The lowest BCUT2D eigenvalue weighted by molar-refractivity contribution is 0.0476. The van der Waals surface area contributed by atoms with E-state index in [0.717, 1.165) is 17.5 Å². The minimum Gasteiger partial charge on any atom is -0.457 e. The average Bonchev–Trinajstić information content (AvgIpc) is 3.02. The van der Waals surface area contributed by atoms with Gasteiger partial charge in [-0.25, -0.2) is 14.8 Å². The molecule has 148 valence electrons. The number of aromatic nitrogens is 3. The van der Waals surface area contributed by atoms with Crippen LogP contribution in [-0.2, 0) is 22.6 Å². The van der Waals surface area contributed by atoms with Crippen LogP contribution in [0.15, 0.2) is 54.6 Å². The molecule has 29 heavy (non-hydrogen) atoms. The molecule has 0 spiro atoms. The summed E-state index contributed by atoms with van der Waals surface area (Å²) in [4.78, 5) is 22.3. The number of nitrogens with zero attached hydrogens (tertiary/aromatic N) is 3. The van der Waals surface area contributed by atoms with Crippen LogP contribution in [-0.4, -0.2) is 34.2 Å². The van der Waals surface area contributed by atoms with E-state index in [1.165, 1.54) is 0 Å². The fourth-order valence-electron chi connectivity index (χ4n) is 3.31. The molecule has 0 bridgehead atoms. The molecule has 0 aliphatic heterocycles. The largest absolute Gasteiger partial charge is 0.457 e. The summed E-state index contributed by atoms with van der Waals surface area (Å²) in [6.07, 6.45) is 0.734. The summed E-state index contributed by atoms with van der Waals surface area (Å²) in [5, 5.41) is 0. The number of benzene rings is 2. The zero-order valence-corrected chi connectivity index (χ0v) is 16.2. The van der Waals surface area contributed by atoms with Gasteiger partial charge < -0.3 is 19.8 Å². The van der Waals surface area contributed by atoms with Crippen molar-refractivity contribution < 1.29 is 14.3 Å². The number of aryl methyl sites for hydroxylation is 1. The first-order chi connectivity index (χ1) is 14.2. The Hall–Kier alpha value is -3.45. The third-order valence-electron chi connectivity index (χ3n) is 4.74. The van der Waals surface area contributed by atoms with Gasteiger partial charge in [0.1, 0.15) is 23.5 Å². The molecular weight excluding hydrogens is 368 g/mol. The number of para-hydroxylation sites is 2. The molecule has 0 aliphatic carbocycles. The van der Waals surface area contributed by atoms with Crippen molar-refractivity contribution in [3.05, 3.63) is 65.7 Å². The lowest BCUT2D eigenvalue weighted by Gasteiger charge is -2.07. The van der Waals surface area contributed by atoms with Crippen molar-refractivity contribution >= 4 is 34.0 Å². The molecule has 2 heterocycles. The third-order valence-corrected chi connectivity index (χ3v) is 4.74. The van der Waals surface area contributed by atoms with Gasteiger partial charge in [-0.3, -0.25) is 0 Å². The average molecular weight is 390 g/mol. The van der Waals surface area contributed by atoms with Crippen molar-refractivity contribution in [3.8, 4) is 0 Å². The van der Waals surface area contributed by atoms with Crippen LogP contribution in [0.3, 0.4) is 0 Å². The van der Waals surface area contributed by atoms with E-state index in [-0.39, 0.29) is 12.2 Å². The van der Waals surface area contributed by atoms with Gasteiger partial charge >= 0.3 is 5.97 Å². The van der Waals surface area contributed by atoms with E-state index in [0.29, 0.717) is 35.7 Å². The number of fused-ring (bicyclic) bond motifs is 2. The standard InChI is InChI=1S/C22H22N4O3/c1-28-13-7-12-26-20(23)18(22(27)29-14-15-8-3-2-4-9-15)19-21(26)25-17-11-6-5-10-16(17)24-19/h2-6,8-11H,7,12-14,23H2,1H3. The van der Waals surface area contributed by atoms with Crippen molar-refractivity contribution in [1.29, 1.82) is 0 Å². The number of esters is 1. The fourth-order valence-corrected chi connectivity index (χ4v) is 3.31. The van der Waals surface area contributed by atoms with Crippen LogP contribution < -0.4 is 5.73 Å². The Morgan fingerprint density at radius 1 is 1.03 bits per heavy atom. The SMILES string of the molecule is COCCCn1c(N)c(C(=O)OCc2ccccc2)c2nc3ccccc3nc21. The summed E-state index contributed by atoms with van der Waals surface area (Å²) in [6, 6.07) is 17.0. The number of nitrogen functional groups attached to an aromatic ring is 1. The Bertz CT molecular complexity index is 1160. The van der Waals surface area contributed by atoms with Gasteiger partial charge in [-0.1, -0.05) is 42.5 Å².